The lowest BCUT2D eigenvalue weighted by atomic mass is 9.99. The summed E-state index contributed by atoms with van der Waals surface area (Å²) in [7, 11) is 0. The third kappa shape index (κ3) is 1.09. The molecule has 1 aliphatic heterocycles. The molecule has 1 N–H and O–H groups in total. The maximum atomic E-state index is 10.7. The second-order valence-electron chi connectivity index (χ2n) is 2.99. The first kappa shape index (κ1) is 7.86. The fraction of sp³-hybridized carbons (Fsp3) is 0.100. The van der Waals surface area contributed by atoms with E-state index in [0.717, 1.165) is 5.69 Å². The minimum Gasteiger partial charge on any atom is -0.478 e. The lowest BCUT2D eigenvalue weighted by molar-refractivity contribution is -0.132. The number of aromatic nitrogens is 1. The summed E-state index contributed by atoms with van der Waals surface area (Å²) in [6.07, 6.45) is 5.58. The Morgan fingerprint density at radius 2 is 2.38 bits per heavy atom. The molecule has 3 heteroatoms. The maximum Gasteiger partial charge on any atom is 0.331 e. The zero-order valence-electron chi connectivity index (χ0n) is 6.97. The van der Waals surface area contributed by atoms with Gasteiger partial charge in [0, 0.05) is 23.7 Å². The Balaban J connectivity index is 2.36. The molecule has 1 aromatic heterocycles. The summed E-state index contributed by atoms with van der Waals surface area (Å²) in [6.45, 7) is 3.55. The number of hydrogen-bond donors (Lipinski definition) is 1. The minimum atomic E-state index is -0.940. The van der Waals surface area contributed by atoms with Crippen LogP contribution in [0.2, 0.25) is 0 Å². The van der Waals surface area contributed by atoms with Crippen LogP contribution in [-0.4, -0.2) is 15.6 Å². The third-order valence-corrected chi connectivity index (χ3v) is 2.22. The van der Waals surface area contributed by atoms with Crippen LogP contribution >= 0.6 is 0 Å². The fourth-order valence-electron chi connectivity index (χ4n) is 1.51. The summed E-state index contributed by atoms with van der Waals surface area (Å²) < 4.78 is 1.90. The molecular weight excluding hydrogens is 166 g/mol. The van der Waals surface area contributed by atoms with Crippen LogP contribution in [0.1, 0.15) is 11.6 Å². The monoisotopic (exact) mass is 175 g/mol. The number of aliphatic carboxylic acids is 1. The largest absolute Gasteiger partial charge is 0.478 e. The summed E-state index contributed by atoms with van der Waals surface area (Å²) in [5, 5.41) is 8.76. The van der Waals surface area contributed by atoms with E-state index in [0.29, 0.717) is 0 Å². The SMILES string of the molecule is C=C(C(=O)O)C1C=Cn2cccc21. The van der Waals surface area contributed by atoms with Crippen molar-refractivity contribution >= 4 is 12.2 Å². The van der Waals surface area contributed by atoms with Gasteiger partial charge in [-0.05, 0) is 12.1 Å². The zero-order valence-corrected chi connectivity index (χ0v) is 6.97. The van der Waals surface area contributed by atoms with Crippen molar-refractivity contribution in [3.63, 3.8) is 0 Å². The Hall–Kier alpha value is -1.77. The van der Waals surface area contributed by atoms with Gasteiger partial charge in [-0.15, -0.1) is 0 Å². The van der Waals surface area contributed by atoms with Crippen molar-refractivity contribution in [2.45, 2.75) is 5.92 Å². The number of fused-ring (bicyclic) bond motifs is 1. The van der Waals surface area contributed by atoms with Gasteiger partial charge in [0.25, 0.3) is 0 Å². The van der Waals surface area contributed by atoms with E-state index in [2.05, 4.69) is 6.58 Å². The molecule has 0 aliphatic carbocycles. The summed E-state index contributed by atoms with van der Waals surface area (Å²) >= 11 is 0. The molecule has 2 heterocycles. The summed E-state index contributed by atoms with van der Waals surface area (Å²) in [6, 6.07) is 3.79. The highest BCUT2D eigenvalue weighted by atomic mass is 16.4. The number of nitrogens with zero attached hydrogens (tertiary/aromatic N) is 1. The number of carboxylic acids is 1. The van der Waals surface area contributed by atoms with E-state index >= 15 is 0 Å². The molecule has 0 amide bonds. The van der Waals surface area contributed by atoms with Crippen LogP contribution in [0.4, 0.5) is 0 Å². The quantitative estimate of drug-likeness (QED) is 0.695. The zero-order chi connectivity index (χ0) is 9.42. The molecule has 13 heavy (non-hydrogen) atoms. The predicted molar refractivity (Wildman–Crippen MR) is 49.3 cm³/mol. The highest BCUT2D eigenvalue weighted by Gasteiger charge is 2.23. The van der Waals surface area contributed by atoms with Gasteiger partial charge in [0.15, 0.2) is 0 Å². The van der Waals surface area contributed by atoms with Gasteiger partial charge in [-0.25, -0.2) is 4.79 Å². The van der Waals surface area contributed by atoms with Crippen LogP contribution in [0.3, 0.4) is 0 Å². The highest BCUT2D eigenvalue weighted by molar-refractivity contribution is 5.88. The second kappa shape index (κ2) is 2.62. The molecule has 0 saturated carbocycles. The van der Waals surface area contributed by atoms with Gasteiger partial charge < -0.3 is 9.67 Å². The molecule has 0 saturated heterocycles. The lowest BCUT2D eigenvalue weighted by Crippen LogP contribution is -2.07. The molecule has 3 nitrogen and oxygen atoms in total. The van der Waals surface area contributed by atoms with Crippen LogP contribution in [0.25, 0.3) is 6.20 Å². The summed E-state index contributed by atoms with van der Waals surface area (Å²) in [4.78, 5) is 10.7. The minimum absolute atomic E-state index is 0.174. The molecule has 1 unspecified atom stereocenters. The topological polar surface area (TPSA) is 42.2 Å². The van der Waals surface area contributed by atoms with E-state index in [4.69, 9.17) is 5.11 Å². The van der Waals surface area contributed by atoms with E-state index in [1.807, 2.05) is 35.2 Å². The maximum absolute atomic E-state index is 10.7. The molecule has 0 bridgehead atoms. The van der Waals surface area contributed by atoms with Crippen molar-refractivity contribution in [3.8, 4) is 0 Å². The fourth-order valence-corrected chi connectivity index (χ4v) is 1.51. The Morgan fingerprint density at radius 1 is 1.62 bits per heavy atom. The first-order valence-corrected chi connectivity index (χ1v) is 3.97. The van der Waals surface area contributed by atoms with Crippen molar-refractivity contribution in [3.05, 3.63) is 42.3 Å². The van der Waals surface area contributed by atoms with Crippen LogP contribution in [0, 0.1) is 0 Å². The number of allylic oxidation sites excluding steroid dienone is 1. The average molecular weight is 175 g/mol. The van der Waals surface area contributed by atoms with Gasteiger partial charge in [0.2, 0.25) is 0 Å². The molecule has 0 aromatic carbocycles. The smallest absolute Gasteiger partial charge is 0.331 e. The molecule has 66 valence electrons. The molecular formula is C10H9NO2. The number of rotatable bonds is 2. The van der Waals surface area contributed by atoms with E-state index in [-0.39, 0.29) is 11.5 Å². The third-order valence-electron chi connectivity index (χ3n) is 2.22. The Kier molecular flexibility index (Phi) is 1.59. The Labute approximate surface area is 75.6 Å². The van der Waals surface area contributed by atoms with Gasteiger partial charge in [0.05, 0.1) is 5.92 Å². The predicted octanol–water partition coefficient (Wildman–Crippen LogP) is 1.70. The van der Waals surface area contributed by atoms with E-state index < -0.39 is 5.97 Å². The van der Waals surface area contributed by atoms with Crippen LogP contribution in [0.5, 0.6) is 0 Å². The summed E-state index contributed by atoms with van der Waals surface area (Å²) in [5.41, 5.74) is 1.18. The first-order valence-electron chi connectivity index (χ1n) is 3.97. The molecule has 0 fully saturated rings. The van der Waals surface area contributed by atoms with Gasteiger partial charge in [0.1, 0.15) is 0 Å². The van der Waals surface area contributed by atoms with Crippen molar-refractivity contribution in [2.75, 3.05) is 0 Å². The van der Waals surface area contributed by atoms with Crippen LogP contribution in [-0.2, 0) is 4.79 Å². The molecule has 2 rings (SSSR count). The molecule has 1 aromatic rings. The van der Waals surface area contributed by atoms with E-state index in [1.165, 1.54) is 0 Å². The van der Waals surface area contributed by atoms with Crippen molar-refractivity contribution in [1.29, 1.82) is 0 Å². The molecule has 1 aliphatic rings. The van der Waals surface area contributed by atoms with Crippen LogP contribution in [0.15, 0.2) is 36.6 Å². The molecule has 1 atom stereocenters. The van der Waals surface area contributed by atoms with Gasteiger partial charge in [-0.3, -0.25) is 0 Å². The molecule has 0 radical (unpaired) electrons. The molecule has 0 spiro atoms. The standard InChI is InChI=1S/C10H9NO2/c1-7(10(12)13)8-4-6-11-5-2-3-9(8)11/h2-6,8H,1H2,(H,12,13). The normalized spacial score (nSPS) is 18.6. The van der Waals surface area contributed by atoms with Crippen molar-refractivity contribution < 1.29 is 9.90 Å². The van der Waals surface area contributed by atoms with E-state index in [9.17, 15) is 4.79 Å². The van der Waals surface area contributed by atoms with E-state index in [1.54, 1.807) is 0 Å². The van der Waals surface area contributed by atoms with Crippen LogP contribution < -0.4 is 0 Å². The number of hydrogen-bond acceptors (Lipinski definition) is 1. The lowest BCUT2D eigenvalue weighted by Gasteiger charge is -2.07. The van der Waals surface area contributed by atoms with Crippen molar-refractivity contribution in [1.82, 2.24) is 4.57 Å². The second-order valence-corrected chi connectivity index (χ2v) is 2.99. The summed E-state index contributed by atoms with van der Waals surface area (Å²) in [5.74, 6) is -1.11. The number of carboxylic acid groups (broad SMARTS) is 1. The number of carbonyl (C=O) groups is 1. The van der Waals surface area contributed by atoms with Crippen molar-refractivity contribution in [2.24, 2.45) is 0 Å². The Morgan fingerprint density at radius 3 is 3.08 bits per heavy atom. The first-order chi connectivity index (χ1) is 6.20. The van der Waals surface area contributed by atoms with Gasteiger partial charge >= 0.3 is 5.97 Å². The van der Waals surface area contributed by atoms with Gasteiger partial charge in [-0.2, -0.15) is 0 Å². The van der Waals surface area contributed by atoms with Gasteiger partial charge in [-0.1, -0.05) is 12.7 Å². The highest BCUT2D eigenvalue weighted by Crippen LogP contribution is 2.30. The Bertz CT molecular complexity index is 401. The average Bonchev–Trinajstić information content (AvgIpc) is 2.61.